The molecule has 162 valence electrons. The lowest BCUT2D eigenvalue weighted by Gasteiger charge is -2.24. The van der Waals surface area contributed by atoms with Gasteiger partial charge in [0, 0.05) is 44.7 Å². The van der Waals surface area contributed by atoms with Crippen LogP contribution in [0.4, 0.5) is 20.6 Å². The first kappa shape index (κ1) is 20.8. The molecule has 0 aromatic heterocycles. The number of nitrogens with zero attached hydrogens (tertiary/aromatic N) is 3. The van der Waals surface area contributed by atoms with Crippen LogP contribution in [0.25, 0.3) is 0 Å². The molecule has 1 N–H and O–H groups in total. The van der Waals surface area contributed by atoms with Gasteiger partial charge < -0.3 is 20.0 Å². The SMILES string of the molecule is O=C(Nc1ccccc1N1CCCC1=O)N1CCCN(C(=O)c2ccc(F)cc2)CC1. The normalized spacial score (nSPS) is 16.9. The lowest BCUT2D eigenvalue weighted by atomic mass is 10.2. The largest absolute Gasteiger partial charge is 0.337 e. The van der Waals surface area contributed by atoms with E-state index in [-0.39, 0.29) is 23.7 Å². The number of benzene rings is 2. The van der Waals surface area contributed by atoms with Crippen LogP contribution >= 0.6 is 0 Å². The highest BCUT2D eigenvalue weighted by Crippen LogP contribution is 2.29. The van der Waals surface area contributed by atoms with Crippen LogP contribution in [0.1, 0.15) is 29.6 Å². The quantitative estimate of drug-likeness (QED) is 0.822. The van der Waals surface area contributed by atoms with Crippen LogP contribution in [0.5, 0.6) is 0 Å². The fourth-order valence-electron chi connectivity index (χ4n) is 4.01. The molecule has 0 bridgehead atoms. The predicted molar refractivity (Wildman–Crippen MR) is 116 cm³/mol. The van der Waals surface area contributed by atoms with E-state index in [1.165, 1.54) is 24.3 Å². The Hall–Kier alpha value is -3.42. The van der Waals surface area contributed by atoms with E-state index in [0.717, 1.165) is 6.42 Å². The van der Waals surface area contributed by atoms with Crippen molar-refractivity contribution in [3.8, 4) is 0 Å². The minimum absolute atomic E-state index is 0.0615. The minimum Gasteiger partial charge on any atom is -0.337 e. The molecule has 4 rings (SSSR count). The van der Waals surface area contributed by atoms with Gasteiger partial charge in [-0.15, -0.1) is 0 Å². The number of carbonyl (C=O) groups is 3. The molecule has 0 spiro atoms. The Kier molecular flexibility index (Phi) is 6.16. The van der Waals surface area contributed by atoms with Crippen LogP contribution in [-0.4, -0.2) is 60.4 Å². The number of anilines is 2. The van der Waals surface area contributed by atoms with E-state index in [9.17, 15) is 18.8 Å². The average molecular weight is 424 g/mol. The molecule has 2 aromatic carbocycles. The van der Waals surface area contributed by atoms with E-state index >= 15 is 0 Å². The van der Waals surface area contributed by atoms with Crippen LogP contribution in [-0.2, 0) is 4.79 Å². The van der Waals surface area contributed by atoms with Crippen LogP contribution in [0, 0.1) is 5.82 Å². The molecule has 0 aliphatic carbocycles. The summed E-state index contributed by atoms with van der Waals surface area (Å²) in [4.78, 5) is 42.8. The summed E-state index contributed by atoms with van der Waals surface area (Å²) in [5, 5.41) is 2.94. The monoisotopic (exact) mass is 424 g/mol. The number of nitrogens with one attached hydrogen (secondary N) is 1. The number of halogens is 1. The van der Waals surface area contributed by atoms with Gasteiger partial charge in [-0.25, -0.2) is 9.18 Å². The van der Waals surface area contributed by atoms with E-state index in [0.29, 0.717) is 62.5 Å². The van der Waals surface area contributed by atoms with Gasteiger partial charge in [-0.05, 0) is 49.2 Å². The second-order valence-corrected chi connectivity index (χ2v) is 7.74. The van der Waals surface area contributed by atoms with E-state index in [1.807, 2.05) is 18.2 Å². The summed E-state index contributed by atoms with van der Waals surface area (Å²) in [6.07, 6.45) is 1.98. The van der Waals surface area contributed by atoms with E-state index < -0.39 is 0 Å². The van der Waals surface area contributed by atoms with Gasteiger partial charge in [0.15, 0.2) is 0 Å². The molecule has 2 aliphatic rings. The smallest absolute Gasteiger partial charge is 0.321 e. The lowest BCUT2D eigenvalue weighted by molar-refractivity contribution is -0.117. The number of rotatable bonds is 3. The summed E-state index contributed by atoms with van der Waals surface area (Å²) in [6, 6.07) is 12.5. The summed E-state index contributed by atoms with van der Waals surface area (Å²) < 4.78 is 13.1. The number of carbonyl (C=O) groups excluding carboxylic acids is 3. The fraction of sp³-hybridized carbons (Fsp3) is 0.348. The molecular formula is C23H25FN4O3. The zero-order valence-corrected chi connectivity index (χ0v) is 17.2. The molecule has 2 aliphatic heterocycles. The molecular weight excluding hydrogens is 399 g/mol. The summed E-state index contributed by atoms with van der Waals surface area (Å²) in [7, 11) is 0. The molecule has 2 saturated heterocycles. The van der Waals surface area contributed by atoms with Crippen molar-refractivity contribution in [2.45, 2.75) is 19.3 Å². The third-order valence-electron chi connectivity index (χ3n) is 5.67. The van der Waals surface area contributed by atoms with Crippen molar-refractivity contribution >= 4 is 29.2 Å². The van der Waals surface area contributed by atoms with E-state index in [2.05, 4.69) is 5.32 Å². The molecule has 8 heteroatoms. The highest BCUT2D eigenvalue weighted by molar-refractivity contribution is 6.01. The third-order valence-corrected chi connectivity index (χ3v) is 5.67. The van der Waals surface area contributed by atoms with Gasteiger partial charge in [0.05, 0.1) is 11.4 Å². The second-order valence-electron chi connectivity index (χ2n) is 7.74. The molecule has 0 radical (unpaired) electrons. The summed E-state index contributed by atoms with van der Waals surface area (Å²) in [5.41, 5.74) is 1.75. The van der Waals surface area contributed by atoms with Crippen molar-refractivity contribution in [1.29, 1.82) is 0 Å². The van der Waals surface area contributed by atoms with Gasteiger partial charge in [-0.1, -0.05) is 12.1 Å². The average Bonchev–Trinajstić information content (AvgIpc) is 3.05. The summed E-state index contributed by atoms with van der Waals surface area (Å²) in [6.45, 7) is 2.48. The van der Waals surface area contributed by atoms with Crippen molar-refractivity contribution in [2.24, 2.45) is 0 Å². The first-order valence-electron chi connectivity index (χ1n) is 10.5. The van der Waals surface area contributed by atoms with Crippen molar-refractivity contribution in [3.63, 3.8) is 0 Å². The Balaban J connectivity index is 1.40. The molecule has 4 amide bonds. The predicted octanol–water partition coefficient (Wildman–Crippen LogP) is 3.33. The standard InChI is InChI=1S/C23H25FN4O3/c24-18-10-8-17(9-11-18)22(30)26-12-4-13-27(16-15-26)23(31)25-19-5-1-2-6-20(19)28-14-3-7-21(28)29/h1-2,5-6,8-11H,3-4,7,12-16H2,(H,25,31). The summed E-state index contributed by atoms with van der Waals surface area (Å²) >= 11 is 0. The maximum atomic E-state index is 13.1. The Morgan fingerprint density at radius 1 is 0.839 bits per heavy atom. The van der Waals surface area contributed by atoms with Crippen molar-refractivity contribution < 1.29 is 18.8 Å². The van der Waals surface area contributed by atoms with Crippen molar-refractivity contribution in [3.05, 3.63) is 59.9 Å². The lowest BCUT2D eigenvalue weighted by Crippen LogP contribution is -2.39. The van der Waals surface area contributed by atoms with Gasteiger partial charge in [0.2, 0.25) is 5.91 Å². The second kappa shape index (κ2) is 9.16. The van der Waals surface area contributed by atoms with Crippen molar-refractivity contribution in [1.82, 2.24) is 9.80 Å². The van der Waals surface area contributed by atoms with Gasteiger partial charge >= 0.3 is 6.03 Å². The molecule has 0 atom stereocenters. The molecule has 2 fully saturated rings. The number of urea groups is 1. The zero-order valence-electron chi connectivity index (χ0n) is 17.2. The topological polar surface area (TPSA) is 73.0 Å². The molecule has 7 nitrogen and oxygen atoms in total. The third kappa shape index (κ3) is 4.68. The molecule has 2 heterocycles. The van der Waals surface area contributed by atoms with Gasteiger partial charge in [0.25, 0.3) is 5.91 Å². The molecule has 31 heavy (non-hydrogen) atoms. The number of hydrogen-bond acceptors (Lipinski definition) is 3. The van der Waals surface area contributed by atoms with Crippen molar-refractivity contribution in [2.75, 3.05) is 42.9 Å². The van der Waals surface area contributed by atoms with Crippen LogP contribution < -0.4 is 10.2 Å². The van der Waals surface area contributed by atoms with Gasteiger partial charge in [-0.2, -0.15) is 0 Å². The zero-order chi connectivity index (χ0) is 21.8. The Bertz CT molecular complexity index is 979. The molecule has 0 saturated carbocycles. The molecule has 2 aromatic rings. The van der Waals surface area contributed by atoms with Gasteiger partial charge in [-0.3, -0.25) is 9.59 Å². The highest BCUT2D eigenvalue weighted by atomic mass is 19.1. The first-order valence-corrected chi connectivity index (χ1v) is 10.5. The highest BCUT2D eigenvalue weighted by Gasteiger charge is 2.26. The van der Waals surface area contributed by atoms with Gasteiger partial charge in [0.1, 0.15) is 5.82 Å². The van der Waals surface area contributed by atoms with E-state index in [4.69, 9.17) is 0 Å². The Labute approximate surface area is 180 Å². The van der Waals surface area contributed by atoms with E-state index in [1.54, 1.807) is 20.8 Å². The summed E-state index contributed by atoms with van der Waals surface area (Å²) in [5.74, 6) is -0.488. The Morgan fingerprint density at radius 3 is 2.29 bits per heavy atom. The maximum Gasteiger partial charge on any atom is 0.321 e. The van der Waals surface area contributed by atoms with Crippen LogP contribution in [0.3, 0.4) is 0 Å². The minimum atomic E-state index is -0.383. The first-order chi connectivity index (χ1) is 15.0. The molecule has 0 unspecified atom stereocenters. The number of para-hydroxylation sites is 2. The number of amides is 4. The maximum absolute atomic E-state index is 13.1. The fourth-order valence-corrected chi connectivity index (χ4v) is 4.01. The Morgan fingerprint density at radius 2 is 1.55 bits per heavy atom. The van der Waals surface area contributed by atoms with Crippen LogP contribution in [0.2, 0.25) is 0 Å². The number of hydrogen-bond donors (Lipinski definition) is 1. The van der Waals surface area contributed by atoms with Crippen LogP contribution in [0.15, 0.2) is 48.5 Å².